The average Bonchev–Trinajstić information content (AvgIpc) is 2.29. The van der Waals surface area contributed by atoms with Crippen molar-refractivity contribution in [2.45, 2.75) is 27.7 Å². The molecule has 0 saturated carbocycles. The fourth-order valence-electron chi connectivity index (χ4n) is 1.39. The SMILES string of the molecule is CCOC(=O)C(C)C(C)C(C#N)C(=O)OCC. The highest BCUT2D eigenvalue weighted by Gasteiger charge is 2.34. The summed E-state index contributed by atoms with van der Waals surface area (Å²) in [6.07, 6.45) is 0. The third kappa shape index (κ3) is 4.43. The first-order valence-corrected chi connectivity index (χ1v) is 5.72. The molecule has 0 fully saturated rings. The quantitative estimate of drug-likeness (QED) is 0.659. The Morgan fingerprint density at radius 3 is 2.00 bits per heavy atom. The molecule has 0 radical (unpaired) electrons. The lowest BCUT2D eigenvalue weighted by Crippen LogP contribution is -2.31. The maximum atomic E-state index is 11.5. The maximum absolute atomic E-state index is 11.5. The molecule has 3 unspecified atom stereocenters. The van der Waals surface area contributed by atoms with Crippen molar-refractivity contribution in [1.29, 1.82) is 5.26 Å². The molecule has 0 bridgehead atoms. The Bertz CT molecular complexity index is 308. The molecule has 0 aromatic carbocycles. The van der Waals surface area contributed by atoms with E-state index in [-0.39, 0.29) is 13.2 Å². The fraction of sp³-hybridized carbons (Fsp3) is 0.750. The molecule has 3 atom stereocenters. The minimum atomic E-state index is -0.936. The smallest absolute Gasteiger partial charge is 0.323 e. The Hall–Kier alpha value is -1.57. The Morgan fingerprint density at radius 2 is 1.59 bits per heavy atom. The van der Waals surface area contributed by atoms with E-state index in [4.69, 9.17) is 14.7 Å². The third-order valence-corrected chi connectivity index (χ3v) is 2.65. The molecule has 0 amide bonds. The van der Waals surface area contributed by atoms with Crippen LogP contribution in [0.15, 0.2) is 0 Å². The Labute approximate surface area is 102 Å². The maximum Gasteiger partial charge on any atom is 0.323 e. The van der Waals surface area contributed by atoms with E-state index in [1.807, 2.05) is 6.07 Å². The normalized spacial score (nSPS) is 15.2. The van der Waals surface area contributed by atoms with Crippen LogP contribution in [-0.2, 0) is 19.1 Å². The zero-order valence-electron chi connectivity index (χ0n) is 10.7. The number of hydrogen-bond donors (Lipinski definition) is 0. The third-order valence-electron chi connectivity index (χ3n) is 2.65. The zero-order chi connectivity index (χ0) is 13.4. The largest absolute Gasteiger partial charge is 0.466 e. The Kier molecular flexibility index (Phi) is 6.95. The molecule has 0 aliphatic heterocycles. The van der Waals surface area contributed by atoms with E-state index in [2.05, 4.69) is 0 Å². The van der Waals surface area contributed by atoms with Gasteiger partial charge in [0, 0.05) is 0 Å². The van der Waals surface area contributed by atoms with Crippen LogP contribution >= 0.6 is 0 Å². The van der Waals surface area contributed by atoms with Crippen molar-refractivity contribution in [3.8, 4) is 6.07 Å². The van der Waals surface area contributed by atoms with Gasteiger partial charge in [-0.3, -0.25) is 9.59 Å². The second-order valence-electron chi connectivity index (χ2n) is 3.76. The molecule has 0 aromatic rings. The van der Waals surface area contributed by atoms with Gasteiger partial charge in [0.2, 0.25) is 0 Å². The summed E-state index contributed by atoms with van der Waals surface area (Å²) in [4.78, 5) is 23.0. The molecule has 5 nitrogen and oxygen atoms in total. The highest BCUT2D eigenvalue weighted by Crippen LogP contribution is 2.23. The standard InChI is InChI=1S/C12H19NO4/c1-5-16-11(14)9(4)8(3)10(7-13)12(15)17-6-2/h8-10H,5-6H2,1-4H3. The van der Waals surface area contributed by atoms with Gasteiger partial charge in [0.15, 0.2) is 0 Å². The van der Waals surface area contributed by atoms with Crippen LogP contribution in [0.4, 0.5) is 0 Å². The fourth-order valence-corrected chi connectivity index (χ4v) is 1.39. The lowest BCUT2D eigenvalue weighted by Gasteiger charge is -2.21. The van der Waals surface area contributed by atoms with Gasteiger partial charge in [0.1, 0.15) is 5.92 Å². The minimum Gasteiger partial charge on any atom is -0.466 e. The molecule has 0 heterocycles. The predicted octanol–water partition coefficient (Wildman–Crippen LogP) is 1.52. The molecule has 0 N–H and O–H groups in total. The van der Waals surface area contributed by atoms with E-state index >= 15 is 0 Å². The number of hydrogen-bond acceptors (Lipinski definition) is 5. The number of nitrogens with zero attached hydrogens (tertiary/aromatic N) is 1. The van der Waals surface area contributed by atoms with E-state index in [0.29, 0.717) is 0 Å². The summed E-state index contributed by atoms with van der Waals surface area (Å²) in [5.41, 5.74) is 0. The second kappa shape index (κ2) is 7.66. The number of nitriles is 1. The molecular formula is C12H19NO4. The molecule has 0 aliphatic rings. The van der Waals surface area contributed by atoms with Crippen molar-refractivity contribution in [2.24, 2.45) is 17.8 Å². The predicted molar refractivity (Wildman–Crippen MR) is 60.7 cm³/mol. The van der Waals surface area contributed by atoms with Crippen molar-refractivity contribution in [3.05, 3.63) is 0 Å². The highest BCUT2D eigenvalue weighted by molar-refractivity contribution is 5.78. The van der Waals surface area contributed by atoms with Crippen molar-refractivity contribution in [3.63, 3.8) is 0 Å². The van der Waals surface area contributed by atoms with Crippen LogP contribution in [0.3, 0.4) is 0 Å². The van der Waals surface area contributed by atoms with Crippen molar-refractivity contribution in [2.75, 3.05) is 13.2 Å². The van der Waals surface area contributed by atoms with Gasteiger partial charge >= 0.3 is 11.9 Å². The van der Waals surface area contributed by atoms with E-state index in [1.54, 1.807) is 27.7 Å². The number of ether oxygens (including phenoxy) is 2. The lowest BCUT2D eigenvalue weighted by atomic mass is 9.84. The number of rotatable bonds is 6. The molecule has 0 spiro atoms. The topological polar surface area (TPSA) is 76.4 Å². The average molecular weight is 241 g/mol. The van der Waals surface area contributed by atoms with Crippen LogP contribution in [-0.4, -0.2) is 25.2 Å². The molecule has 0 aliphatic carbocycles. The van der Waals surface area contributed by atoms with Crippen LogP contribution < -0.4 is 0 Å². The molecule has 0 saturated heterocycles. The first kappa shape index (κ1) is 15.4. The first-order chi connectivity index (χ1) is 7.99. The summed E-state index contributed by atoms with van der Waals surface area (Å²) >= 11 is 0. The van der Waals surface area contributed by atoms with Gasteiger partial charge in [-0.2, -0.15) is 5.26 Å². The van der Waals surface area contributed by atoms with Gasteiger partial charge in [-0.05, 0) is 19.8 Å². The summed E-state index contributed by atoms with van der Waals surface area (Å²) in [5, 5.41) is 8.95. The Balaban J connectivity index is 4.64. The summed E-state index contributed by atoms with van der Waals surface area (Å²) in [5.74, 6) is -2.86. The van der Waals surface area contributed by atoms with Crippen molar-refractivity contribution < 1.29 is 19.1 Å². The molecule has 0 aromatic heterocycles. The second-order valence-corrected chi connectivity index (χ2v) is 3.76. The van der Waals surface area contributed by atoms with Gasteiger partial charge in [-0.15, -0.1) is 0 Å². The molecule has 96 valence electrons. The summed E-state index contributed by atoms with van der Waals surface area (Å²) in [6, 6.07) is 1.88. The van der Waals surface area contributed by atoms with Crippen LogP contribution in [0.1, 0.15) is 27.7 Å². The van der Waals surface area contributed by atoms with Gasteiger partial charge < -0.3 is 9.47 Å². The summed E-state index contributed by atoms with van der Waals surface area (Å²) in [6.45, 7) is 7.21. The van der Waals surface area contributed by atoms with E-state index in [9.17, 15) is 9.59 Å². The lowest BCUT2D eigenvalue weighted by molar-refractivity contribution is -0.153. The van der Waals surface area contributed by atoms with Crippen LogP contribution in [0, 0.1) is 29.1 Å². The number of esters is 2. The van der Waals surface area contributed by atoms with Crippen molar-refractivity contribution in [1.82, 2.24) is 0 Å². The van der Waals surface area contributed by atoms with E-state index < -0.39 is 29.7 Å². The summed E-state index contributed by atoms with van der Waals surface area (Å²) in [7, 11) is 0. The van der Waals surface area contributed by atoms with Gasteiger partial charge in [-0.1, -0.05) is 13.8 Å². The van der Waals surface area contributed by atoms with Gasteiger partial charge in [0.05, 0.1) is 25.2 Å². The minimum absolute atomic E-state index is 0.220. The van der Waals surface area contributed by atoms with Gasteiger partial charge in [0.25, 0.3) is 0 Å². The molecule has 0 rings (SSSR count). The van der Waals surface area contributed by atoms with E-state index in [1.165, 1.54) is 0 Å². The molecule has 5 heteroatoms. The zero-order valence-corrected chi connectivity index (χ0v) is 10.7. The van der Waals surface area contributed by atoms with Crippen LogP contribution in [0.2, 0.25) is 0 Å². The number of carbonyl (C=O) groups is 2. The van der Waals surface area contributed by atoms with E-state index in [0.717, 1.165) is 0 Å². The van der Waals surface area contributed by atoms with Crippen LogP contribution in [0.25, 0.3) is 0 Å². The Morgan fingerprint density at radius 1 is 1.12 bits per heavy atom. The summed E-state index contributed by atoms with van der Waals surface area (Å²) < 4.78 is 9.65. The van der Waals surface area contributed by atoms with Gasteiger partial charge in [-0.25, -0.2) is 0 Å². The molecule has 17 heavy (non-hydrogen) atoms. The first-order valence-electron chi connectivity index (χ1n) is 5.72. The molecular weight excluding hydrogens is 222 g/mol. The van der Waals surface area contributed by atoms with Crippen molar-refractivity contribution >= 4 is 11.9 Å². The monoisotopic (exact) mass is 241 g/mol. The highest BCUT2D eigenvalue weighted by atomic mass is 16.5. The number of carbonyl (C=O) groups excluding carboxylic acids is 2. The van der Waals surface area contributed by atoms with Crippen LogP contribution in [0.5, 0.6) is 0 Å².